The number of halogens is 3. The topological polar surface area (TPSA) is 80.9 Å². The van der Waals surface area contributed by atoms with Crippen molar-refractivity contribution in [1.29, 1.82) is 0 Å². The molecule has 1 saturated carbocycles. The summed E-state index contributed by atoms with van der Waals surface area (Å²) >= 11 is 6.47. The first-order valence-electron chi connectivity index (χ1n) is 14.2. The van der Waals surface area contributed by atoms with Crippen molar-refractivity contribution in [2.45, 2.75) is 71.1 Å². The van der Waals surface area contributed by atoms with Gasteiger partial charge in [0.1, 0.15) is 23.0 Å². The molecule has 42 heavy (non-hydrogen) atoms. The SMILES string of the molecule is Cc1cc(Cc2cc(C3(c4cc(C)c(O)c(Cc5cc(I)c(O)c(I)c5)c4)CCCCC3)cc(C)c2O)cc(I)c1O. The van der Waals surface area contributed by atoms with Gasteiger partial charge in [-0.05, 0) is 170 Å². The fraction of sp³-hybridized carbons (Fsp3) is 0.314. The van der Waals surface area contributed by atoms with Crippen molar-refractivity contribution in [2.24, 2.45) is 0 Å². The van der Waals surface area contributed by atoms with Gasteiger partial charge in [-0.1, -0.05) is 49.6 Å². The second-order valence-corrected chi connectivity index (χ2v) is 15.2. The fourth-order valence-corrected chi connectivity index (χ4v) is 9.22. The number of phenolic OH excluding ortho intramolecular Hbond substituents is 4. The normalized spacial score (nSPS) is 14.7. The summed E-state index contributed by atoms with van der Waals surface area (Å²) < 4.78 is 2.41. The molecule has 0 heterocycles. The lowest BCUT2D eigenvalue weighted by Gasteiger charge is -2.40. The molecule has 5 rings (SSSR count). The molecular weight excluding hydrogens is 865 g/mol. The molecule has 0 unspecified atom stereocenters. The molecule has 4 nitrogen and oxygen atoms in total. The Bertz CT molecular complexity index is 1510. The molecule has 0 aromatic heterocycles. The molecule has 1 aliphatic rings. The second-order valence-electron chi connectivity index (χ2n) is 11.7. The van der Waals surface area contributed by atoms with E-state index in [0.29, 0.717) is 35.8 Å². The summed E-state index contributed by atoms with van der Waals surface area (Å²) in [6.07, 6.45) is 6.60. The van der Waals surface area contributed by atoms with Crippen LogP contribution in [0.4, 0.5) is 0 Å². The van der Waals surface area contributed by atoms with E-state index in [1.54, 1.807) is 0 Å². The number of rotatable bonds is 6. The predicted molar refractivity (Wildman–Crippen MR) is 194 cm³/mol. The maximum Gasteiger partial charge on any atom is 0.142 e. The number of aromatic hydroxyl groups is 4. The lowest BCUT2D eigenvalue weighted by molar-refractivity contribution is 0.344. The second kappa shape index (κ2) is 12.7. The zero-order valence-corrected chi connectivity index (χ0v) is 30.5. The molecule has 220 valence electrons. The van der Waals surface area contributed by atoms with Crippen molar-refractivity contribution < 1.29 is 20.4 Å². The molecular formula is C35H35I3O4. The molecule has 0 saturated heterocycles. The molecule has 0 amide bonds. The fourth-order valence-electron chi connectivity index (χ4n) is 6.50. The molecule has 4 N–H and O–H groups in total. The average Bonchev–Trinajstić information content (AvgIpc) is 2.95. The first-order chi connectivity index (χ1) is 19.9. The van der Waals surface area contributed by atoms with Crippen LogP contribution in [-0.2, 0) is 18.3 Å². The van der Waals surface area contributed by atoms with Crippen LogP contribution in [0, 0.1) is 31.5 Å². The van der Waals surface area contributed by atoms with Crippen molar-refractivity contribution in [3.63, 3.8) is 0 Å². The third-order valence-corrected chi connectivity index (χ3v) is 11.2. The van der Waals surface area contributed by atoms with E-state index < -0.39 is 0 Å². The van der Waals surface area contributed by atoms with Crippen molar-refractivity contribution in [3.8, 4) is 23.0 Å². The molecule has 0 spiro atoms. The predicted octanol–water partition coefficient (Wildman–Crippen LogP) is 9.68. The van der Waals surface area contributed by atoms with Crippen LogP contribution in [0.15, 0.2) is 48.5 Å². The summed E-state index contributed by atoms with van der Waals surface area (Å²) in [6.45, 7) is 5.86. The summed E-state index contributed by atoms with van der Waals surface area (Å²) in [4.78, 5) is 0. The molecule has 0 aliphatic heterocycles. The van der Waals surface area contributed by atoms with E-state index in [0.717, 1.165) is 75.3 Å². The van der Waals surface area contributed by atoms with Gasteiger partial charge < -0.3 is 20.4 Å². The van der Waals surface area contributed by atoms with Crippen LogP contribution in [0.5, 0.6) is 23.0 Å². The van der Waals surface area contributed by atoms with E-state index in [2.05, 4.69) is 92.0 Å². The van der Waals surface area contributed by atoms with Crippen molar-refractivity contribution in [1.82, 2.24) is 0 Å². The Kier molecular flexibility index (Phi) is 9.59. The Labute approximate surface area is 289 Å². The molecule has 1 fully saturated rings. The van der Waals surface area contributed by atoms with E-state index >= 15 is 0 Å². The maximum absolute atomic E-state index is 11.2. The van der Waals surface area contributed by atoms with Crippen LogP contribution in [-0.4, -0.2) is 20.4 Å². The number of hydrogen-bond acceptors (Lipinski definition) is 4. The van der Waals surface area contributed by atoms with Gasteiger partial charge in [0.15, 0.2) is 0 Å². The monoisotopic (exact) mass is 900 g/mol. The zero-order chi connectivity index (χ0) is 30.3. The number of benzene rings is 4. The third kappa shape index (κ3) is 6.24. The highest BCUT2D eigenvalue weighted by molar-refractivity contribution is 14.1. The smallest absolute Gasteiger partial charge is 0.142 e. The Hall–Kier alpha value is -1.73. The molecule has 4 aromatic rings. The zero-order valence-electron chi connectivity index (χ0n) is 24.0. The summed E-state index contributed by atoms with van der Waals surface area (Å²) in [5.41, 5.74) is 8.63. The quantitative estimate of drug-likeness (QED) is 0.146. The van der Waals surface area contributed by atoms with Crippen LogP contribution >= 0.6 is 67.8 Å². The van der Waals surface area contributed by atoms with Crippen LogP contribution < -0.4 is 0 Å². The van der Waals surface area contributed by atoms with Crippen LogP contribution in [0.3, 0.4) is 0 Å². The van der Waals surface area contributed by atoms with Crippen LogP contribution in [0.2, 0.25) is 0 Å². The highest BCUT2D eigenvalue weighted by Gasteiger charge is 2.37. The lowest BCUT2D eigenvalue weighted by atomic mass is 9.64. The minimum absolute atomic E-state index is 0.226. The Morgan fingerprint density at radius 1 is 0.524 bits per heavy atom. The average molecular weight is 900 g/mol. The molecule has 0 radical (unpaired) electrons. The van der Waals surface area contributed by atoms with Gasteiger partial charge in [0.05, 0.1) is 10.7 Å². The van der Waals surface area contributed by atoms with E-state index in [4.69, 9.17) is 0 Å². The number of phenols is 4. The van der Waals surface area contributed by atoms with E-state index in [-0.39, 0.29) is 5.41 Å². The summed E-state index contributed by atoms with van der Waals surface area (Å²) in [5.74, 6) is 1.25. The Morgan fingerprint density at radius 2 is 0.929 bits per heavy atom. The summed E-state index contributed by atoms with van der Waals surface area (Å²) in [7, 11) is 0. The largest absolute Gasteiger partial charge is 0.507 e. The van der Waals surface area contributed by atoms with E-state index in [1.165, 1.54) is 17.5 Å². The highest BCUT2D eigenvalue weighted by atomic mass is 127. The summed E-state index contributed by atoms with van der Waals surface area (Å²) in [6, 6.07) is 16.6. The van der Waals surface area contributed by atoms with Gasteiger partial charge in [-0.15, -0.1) is 0 Å². The molecule has 0 atom stereocenters. The molecule has 0 bridgehead atoms. The van der Waals surface area contributed by atoms with Gasteiger partial charge in [-0.25, -0.2) is 0 Å². The first kappa shape index (κ1) is 31.7. The van der Waals surface area contributed by atoms with Gasteiger partial charge in [0.2, 0.25) is 0 Å². The van der Waals surface area contributed by atoms with Crippen molar-refractivity contribution in [2.75, 3.05) is 0 Å². The molecule has 1 aliphatic carbocycles. The third-order valence-electron chi connectivity index (χ3n) is 8.75. The van der Waals surface area contributed by atoms with E-state index in [9.17, 15) is 20.4 Å². The lowest BCUT2D eigenvalue weighted by Crippen LogP contribution is -2.31. The van der Waals surface area contributed by atoms with Crippen molar-refractivity contribution in [3.05, 3.63) is 109 Å². The van der Waals surface area contributed by atoms with Gasteiger partial charge in [-0.2, -0.15) is 0 Å². The first-order valence-corrected chi connectivity index (χ1v) is 17.4. The standard InChI is InChI=1S/C35H35I3O4/c1-19-9-22(14-28(36)33(19)41)12-24-17-26(10-20(2)31(24)39)35(7-5-4-6-8-35)27-11-21(3)32(40)25(18-27)13-23-15-29(37)34(42)30(38)16-23/h9-11,14-18,39-42H,4-8,12-13H2,1-3H3. The van der Waals surface area contributed by atoms with Gasteiger partial charge in [0, 0.05) is 18.3 Å². The van der Waals surface area contributed by atoms with Crippen molar-refractivity contribution >= 4 is 67.8 Å². The Balaban J connectivity index is 1.61. The Morgan fingerprint density at radius 3 is 1.38 bits per heavy atom. The van der Waals surface area contributed by atoms with Gasteiger partial charge in [-0.3, -0.25) is 0 Å². The summed E-state index contributed by atoms with van der Waals surface area (Å²) in [5, 5.41) is 42.9. The minimum atomic E-state index is -0.226. The van der Waals surface area contributed by atoms with Gasteiger partial charge in [0.25, 0.3) is 0 Å². The van der Waals surface area contributed by atoms with Gasteiger partial charge >= 0.3 is 0 Å². The number of hydrogen-bond donors (Lipinski definition) is 4. The van der Waals surface area contributed by atoms with Crippen LogP contribution in [0.1, 0.15) is 82.2 Å². The van der Waals surface area contributed by atoms with E-state index in [1.807, 2.05) is 45.0 Å². The number of aryl methyl sites for hydroxylation is 3. The van der Waals surface area contributed by atoms with Crippen LogP contribution in [0.25, 0.3) is 0 Å². The molecule has 7 heteroatoms. The molecule has 4 aromatic carbocycles. The maximum atomic E-state index is 11.2. The minimum Gasteiger partial charge on any atom is -0.507 e. The highest BCUT2D eigenvalue weighted by Crippen LogP contribution is 2.48.